The van der Waals surface area contributed by atoms with Gasteiger partial charge in [0.1, 0.15) is 11.6 Å². The molecule has 1 unspecified atom stereocenters. The molecule has 19 heavy (non-hydrogen) atoms. The molecule has 1 atom stereocenters. The minimum Gasteiger partial charge on any atom is -0.387 e. The average molecular weight is 287 g/mol. The summed E-state index contributed by atoms with van der Waals surface area (Å²) in [4.78, 5) is 2.10. The summed E-state index contributed by atoms with van der Waals surface area (Å²) in [6, 6.07) is 3.19. The van der Waals surface area contributed by atoms with E-state index >= 15 is 0 Å². The van der Waals surface area contributed by atoms with Crippen LogP contribution in [0.3, 0.4) is 0 Å². The van der Waals surface area contributed by atoms with Gasteiger partial charge in [0.2, 0.25) is 0 Å². The van der Waals surface area contributed by atoms with Crippen LogP contribution in [0.4, 0.5) is 8.78 Å². The summed E-state index contributed by atoms with van der Waals surface area (Å²) < 4.78 is 26.8. The Labute approximate surface area is 116 Å². The summed E-state index contributed by atoms with van der Waals surface area (Å²) >= 11 is 1.90. The molecule has 106 valence electrons. The Balaban J connectivity index is 2.04. The van der Waals surface area contributed by atoms with Crippen LogP contribution in [0.2, 0.25) is 0 Å². The van der Waals surface area contributed by atoms with Crippen molar-refractivity contribution in [2.75, 3.05) is 25.4 Å². The van der Waals surface area contributed by atoms with E-state index in [9.17, 15) is 13.9 Å². The van der Waals surface area contributed by atoms with Crippen LogP contribution < -0.4 is 0 Å². The zero-order chi connectivity index (χ0) is 14.0. The summed E-state index contributed by atoms with van der Waals surface area (Å²) in [6.45, 7) is 6.34. The molecular formula is C14H19F2NOS. The van der Waals surface area contributed by atoms with Gasteiger partial charge in [0, 0.05) is 35.7 Å². The molecule has 1 aliphatic rings. The Morgan fingerprint density at radius 2 is 2.16 bits per heavy atom. The second-order valence-electron chi connectivity index (χ2n) is 5.52. The first-order valence-electron chi connectivity index (χ1n) is 6.37. The minimum atomic E-state index is -0.991. The highest BCUT2D eigenvalue weighted by Gasteiger charge is 2.28. The molecule has 0 spiro atoms. The maximum atomic E-state index is 13.6. The number of aliphatic hydroxyl groups excluding tert-OH is 1. The molecule has 1 heterocycles. The van der Waals surface area contributed by atoms with E-state index in [4.69, 9.17) is 0 Å². The van der Waals surface area contributed by atoms with Crippen LogP contribution in [-0.2, 0) is 0 Å². The summed E-state index contributed by atoms with van der Waals surface area (Å²) in [7, 11) is 0. The van der Waals surface area contributed by atoms with Gasteiger partial charge in [-0.25, -0.2) is 8.78 Å². The highest BCUT2D eigenvalue weighted by atomic mass is 32.2. The minimum absolute atomic E-state index is 0.0380. The number of aliphatic hydroxyl groups is 1. The number of rotatable bonds is 3. The first-order chi connectivity index (χ1) is 8.87. The Bertz CT molecular complexity index is 453. The molecule has 0 aliphatic carbocycles. The Morgan fingerprint density at radius 1 is 1.42 bits per heavy atom. The number of nitrogens with zero attached hydrogens (tertiary/aromatic N) is 1. The quantitative estimate of drug-likeness (QED) is 0.925. The van der Waals surface area contributed by atoms with E-state index in [-0.39, 0.29) is 10.3 Å². The molecule has 0 saturated carbocycles. The Hall–Kier alpha value is -0.650. The van der Waals surface area contributed by atoms with E-state index in [1.54, 1.807) is 0 Å². The van der Waals surface area contributed by atoms with Gasteiger partial charge in [-0.2, -0.15) is 11.8 Å². The van der Waals surface area contributed by atoms with Crippen molar-refractivity contribution >= 4 is 11.8 Å². The van der Waals surface area contributed by atoms with Crippen LogP contribution in [0, 0.1) is 11.6 Å². The van der Waals surface area contributed by atoms with Crippen molar-refractivity contribution in [1.82, 2.24) is 4.90 Å². The summed E-state index contributed by atoms with van der Waals surface area (Å²) in [5, 5.41) is 10.1. The maximum absolute atomic E-state index is 13.6. The molecule has 1 N–H and O–H groups in total. The smallest absolute Gasteiger partial charge is 0.129 e. The topological polar surface area (TPSA) is 23.5 Å². The lowest BCUT2D eigenvalue weighted by Gasteiger charge is -2.38. The van der Waals surface area contributed by atoms with E-state index in [0.29, 0.717) is 6.54 Å². The van der Waals surface area contributed by atoms with Crippen molar-refractivity contribution in [3.8, 4) is 0 Å². The summed E-state index contributed by atoms with van der Waals surface area (Å²) in [5.74, 6) is -0.0877. The number of halogens is 2. The molecule has 1 fully saturated rings. The molecule has 0 amide bonds. The second kappa shape index (κ2) is 5.77. The fourth-order valence-electron chi connectivity index (χ4n) is 2.38. The van der Waals surface area contributed by atoms with E-state index in [0.717, 1.165) is 37.0 Å². The van der Waals surface area contributed by atoms with Gasteiger partial charge < -0.3 is 5.11 Å². The van der Waals surface area contributed by atoms with Gasteiger partial charge in [-0.3, -0.25) is 4.90 Å². The van der Waals surface area contributed by atoms with Gasteiger partial charge in [0.15, 0.2) is 0 Å². The molecular weight excluding hydrogens is 268 g/mol. The molecule has 1 aromatic carbocycles. The molecule has 5 heteroatoms. The van der Waals surface area contributed by atoms with Crippen LogP contribution in [-0.4, -0.2) is 40.1 Å². The molecule has 1 saturated heterocycles. The first kappa shape index (κ1) is 14.8. The predicted octanol–water partition coefficient (Wildman–Crippen LogP) is 2.83. The van der Waals surface area contributed by atoms with Gasteiger partial charge in [-0.05, 0) is 32.0 Å². The zero-order valence-electron chi connectivity index (χ0n) is 11.2. The van der Waals surface area contributed by atoms with Gasteiger partial charge >= 0.3 is 0 Å². The van der Waals surface area contributed by atoms with E-state index in [1.165, 1.54) is 0 Å². The molecule has 1 aromatic rings. The third kappa shape index (κ3) is 3.91. The molecule has 0 aromatic heterocycles. The number of β-amino-alcohol motifs (C(OH)–C–C–N with tert-alkyl or cyclic N) is 1. The number of thioether (sulfide) groups is 1. The van der Waals surface area contributed by atoms with Crippen molar-refractivity contribution in [2.24, 2.45) is 0 Å². The highest BCUT2D eigenvalue weighted by molar-refractivity contribution is 8.00. The Kier molecular flexibility index (Phi) is 4.48. The third-order valence-electron chi connectivity index (χ3n) is 3.25. The highest BCUT2D eigenvalue weighted by Crippen LogP contribution is 2.30. The van der Waals surface area contributed by atoms with E-state index in [1.807, 2.05) is 11.8 Å². The fraction of sp³-hybridized carbons (Fsp3) is 0.571. The van der Waals surface area contributed by atoms with Crippen molar-refractivity contribution in [3.63, 3.8) is 0 Å². The summed E-state index contributed by atoms with van der Waals surface area (Å²) in [6.07, 6.45) is -0.991. The lowest BCUT2D eigenvalue weighted by molar-refractivity contribution is 0.107. The van der Waals surface area contributed by atoms with Crippen molar-refractivity contribution < 1.29 is 13.9 Å². The zero-order valence-corrected chi connectivity index (χ0v) is 12.0. The van der Waals surface area contributed by atoms with Crippen molar-refractivity contribution in [2.45, 2.75) is 24.7 Å². The van der Waals surface area contributed by atoms with E-state index < -0.39 is 17.7 Å². The lowest BCUT2D eigenvalue weighted by Crippen LogP contribution is -2.44. The molecule has 0 bridgehead atoms. The lowest BCUT2D eigenvalue weighted by atomic mass is 10.1. The normalized spacial score (nSPS) is 21.3. The van der Waals surface area contributed by atoms with Gasteiger partial charge in [-0.15, -0.1) is 0 Å². The van der Waals surface area contributed by atoms with E-state index in [2.05, 4.69) is 18.7 Å². The van der Waals surface area contributed by atoms with Crippen LogP contribution in [0.15, 0.2) is 18.2 Å². The molecule has 2 rings (SSSR count). The van der Waals surface area contributed by atoms with Crippen LogP contribution in [0.1, 0.15) is 25.5 Å². The van der Waals surface area contributed by atoms with Gasteiger partial charge in [-0.1, -0.05) is 0 Å². The van der Waals surface area contributed by atoms with Gasteiger partial charge in [0.05, 0.1) is 6.10 Å². The van der Waals surface area contributed by atoms with Gasteiger partial charge in [0.25, 0.3) is 0 Å². The largest absolute Gasteiger partial charge is 0.387 e. The molecule has 1 aliphatic heterocycles. The first-order valence-corrected chi connectivity index (χ1v) is 7.35. The number of hydrogen-bond acceptors (Lipinski definition) is 3. The monoisotopic (exact) mass is 287 g/mol. The van der Waals surface area contributed by atoms with Crippen LogP contribution in [0.25, 0.3) is 0 Å². The average Bonchev–Trinajstić information content (AvgIpc) is 2.31. The SMILES string of the molecule is CC1(C)CN(CC(O)c2cc(F)ccc2F)CCS1. The number of benzene rings is 1. The van der Waals surface area contributed by atoms with Crippen molar-refractivity contribution in [3.05, 3.63) is 35.4 Å². The van der Waals surface area contributed by atoms with Crippen LogP contribution in [0.5, 0.6) is 0 Å². The Morgan fingerprint density at radius 3 is 2.84 bits per heavy atom. The predicted molar refractivity (Wildman–Crippen MR) is 74.3 cm³/mol. The van der Waals surface area contributed by atoms with Crippen molar-refractivity contribution in [1.29, 1.82) is 0 Å². The third-order valence-corrected chi connectivity index (χ3v) is 4.55. The summed E-state index contributed by atoms with van der Waals surface area (Å²) in [5.41, 5.74) is 0.0380. The standard InChI is InChI=1S/C14H19F2NOS/c1-14(2)9-17(5-6-19-14)8-13(18)11-7-10(15)3-4-12(11)16/h3-4,7,13,18H,5-6,8-9H2,1-2H3. The van der Waals surface area contributed by atoms with Crippen LogP contribution >= 0.6 is 11.8 Å². The molecule has 0 radical (unpaired) electrons. The number of hydrogen-bond donors (Lipinski definition) is 1. The fourth-order valence-corrected chi connectivity index (χ4v) is 3.56. The maximum Gasteiger partial charge on any atom is 0.129 e. The second-order valence-corrected chi connectivity index (χ2v) is 7.33. The molecule has 2 nitrogen and oxygen atoms in total.